The third-order valence-electron chi connectivity index (χ3n) is 3.07. The van der Waals surface area contributed by atoms with Gasteiger partial charge >= 0.3 is 0 Å². The van der Waals surface area contributed by atoms with E-state index in [0.717, 1.165) is 16.5 Å². The molecule has 20 heavy (non-hydrogen) atoms. The van der Waals surface area contributed by atoms with E-state index in [0.29, 0.717) is 23.5 Å². The molecule has 3 nitrogen and oxygen atoms in total. The average Bonchev–Trinajstić information content (AvgIpc) is 2.79. The van der Waals surface area contributed by atoms with Crippen molar-refractivity contribution in [2.75, 3.05) is 6.61 Å². The van der Waals surface area contributed by atoms with Crippen molar-refractivity contribution in [1.82, 2.24) is 9.55 Å². The lowest BCUT2D eigenvalue weighted by Crippen LogP contribution is -2.07. The van der Waals surface area contributed by atoms with Gasteiger partial charge in [-0.15, -0.1) is 0 Å². The minimum absolute atomic E-state index is 0.317. The number of imidazole rings is 1. The number of halogens is 2. The van der Waals surface area contributed by atoms with Crippen LogP contribution in [0.3, 0.4) is 0 Å². The summed E-state index contributed by atoms with van der Waals surface area (Å²) < 4.78 is 7.60. The first kappa shape index (κ1) is 13.3. The van der Waals surface area contributed by atoms with Crippen molar-refractivity contribution in [3.05, 3.63) is 59.1 Å². The number of rotatable bonds is 4. The van der Waals surface area contributed by atoms with Crippen LogP contribution < -0.4 is 4.74 Å². The van der Waals surface area contributed by atoms with Gasteiger partial charge in [0.05, 0.1) is 12.9 Å². The van der Waals surface area contributed by atoms with Gasteiger partial charge in [0, 0.05) is 5.39 Å². The van der Waals surface area contributed by atoms with Crippen molar-refractivity contribution in [3.63, 3.8) is 0 Å². The Bertz CT molecular complexity index is 734. The summed E-state index contributed by atoms with van der Waals surface area (Å²) in [6, 6.07) is 14.1. The van der Waals surface area contributed by atoms with E-state index in [-0.39, 0.29) is 0 Å². The molecular weight excluding hydrogens is 295 g/mol. The Balaban J connectivity index is 1.73. The summed E-state index contributed by atoms with van der Waals surface area (Å²) in [5.41, 5.74) is 0. The largest absolute Gasteiger partial charge is 0.491 e. The van der Waals surface area contributed by atoms with E-state index >= 15 is 0 Å². The van der Waals surface area contributed by atoms with Crippen molar-refractivity contribution < 1.29 is 4.74 Å². The molecule has 3 rings (SSSR count). The Hall–Kier alpha value is -1.71. The second kappa shape index (κ2) is 5.73. The van der Waals surface area contributed by atoms with Crippen LogP contribution in [-0.2, 0) is 6.54 Å². The number of fused-ring (bicyclic) bond motifs is 1. The molecular formula is C15H12Cl2N2O. The molecule has 102 valence electrons. The maximum atomic E-state index is 6.00. The molecule has 0 saturated heterocycles. The van der Waals surface area contributed by atoms with E-state index in [1.165, 1.54) is 0 Å². The van der Waals surface area contributed by atoms with Crippen molar-refractivity contribution in [3.8, 4) is 5.75 Å². The summed E-state index contributed by atoms with van der Waals surface area (Å²) >= 11 is 11.8. The van der Waals surface area contributed by atoms with Crippen molar-refractivity contribution >= 4 is 34.0 Å². The first-order chi connectivity index (χ1) is 9.75. The summed E-state index contributed by atoms with van der Waals surface area (Å²) in [5, 5.41) is 3.02. The maximum absolute atomic E-state index is 6.00. The molecule has 0 saturated carbocycles. The summed E-state index contributed by atoms with van der Waals surface area (Å²) in [6.07, 6.45) is 1.61. The van der Waals surface area contributed by atoms with E-state index < -0.39 is 0 Å². The van der Waals surface area contributed by atoms with E-state index in [9.17, 15) is 0 Å². The molecule has 0 fully saturated rings. The van der Waals surface area contributed by atoms with Gasteiger partial charge in [0.15, 0.2) is 5.15 Å². The molecule has 0 atom stereocenters. The lowest BCUT2D eigenvalue weighted by molar-refractivity contribution is 0.302. The predicted molar refractivity (Wildman–Crippen MR) is 81.7 cm³/mol. The topological polar surface area (TPSA) is 27.1 Å². The highest BCUT2D eigenvalue weighted by Gasteiger charge is 2.06. The molecule has 0 aliphatic rings. The van der Waals surface area contributed by atoms with E-state index in [2.05, 4.69) is 17.1 Å². The maximum Gasteiger partial charge on any atom is 0.166 e. The fourth-order valence-corrected chi connectivity index (χ4v) is 2.40. The van der Waals surface area contributed by atoms with Crippen LogP contribution in [0.4, 0.5) is 0 Å². The number of aromatic nitrogens is 2. The molecule has 1 heterocycles. The molecule has 0 unspecified atom stereocenters. The van der Waals surface area contributed by atoms with Gasteiger partial charge in [-0.25, -0.2) is 4.98 Å². The van der Waals surface area contributed by atoms with Gasteiger partial charge in [-0.1, -0.05) is 59.6 Å². The SMILES string of the molecule is Clc1ncn(CCOc2cccc3ccccc23)c1Cl. The number of ether oxygens (including phenoxy) is 1. The van der Waals surface area contributed by atoms with Crippen LogP contribution in [0.15, 0.2) is 48.8 Å². The normalized spacial score (nSPS) is 10.9. The Morgan fingerprint density at radius 1 is 1.05 bits per heavy atom. The zero-order chi connectivity index (χ0) is 13.9. The highest BCUT2D eigenvalue weighted by Crippen LogP contribution is 2.25. The summed E-state index contributed by atoms with van der Waals surface area (Å²) in [4.78, 5) is 3.93. The molecule has 1 aromatic heterocycles. The molecule has 0 spiro atoms. The van der Waals surface area contributed by atoms with Gasteiger partial charge < -0.3 is 9.30 Å². The van der Waals surface area contributed by atoms with E-state index in [4.69, 9.17) is 27.9 Å². The lowest BCUT2D eigenvalue weighted by atomic mass is 10.1. The monoisotopic (exact) mass is 306 g/mol. The molecule has 0 bridgehead atoms. The van der Waals surface area contributed by atoms with E-state index in [1.807, 2.05) is 30.3 Å². The van der Waals surface area contributed by atoms with Crippen molar-refractivity contribution in [2.45, 2.75) is 6.54 Å². The zero-order valence-electron chi connectivity index (χ0n) is 10.6. The van der Waals surface area contributed by atoms with Crippen LogP contribution in [0.2, 0.25) is 10.3 Å². The van der Waals surface area contributed by atoms with Gasteiger partial charge in [-0.05, 0) is 11.5 Å². The quantitative estimate of drug-likeness (QED) is 0.713. The smallest absolute Gasteiger partial charge is 0.166 e. The Labute approximate surface area is 126 Å². The number of hydrogen-bond acceptors (Lipinski definition) is 2. The Kier molecular flexibility index (Phi) is 3.81. The van der Waals surface area contributed by atoms with E-state index in [1.54, 1.807) is 10.9 Å². The van der Waals surface area contributed by atoms with Gasteiger partial charge in [-0.2, -0.15) is 0 Å². The first-order valence-corrected chi connectivity index (χ1v) is 6.98. The number of nitrogens with zero attached hydrogens (tertiary/aromatic N) is 2. The third kappa shape index (κ3) is 2.60. The first-order valence-electron chi connectivity index (χ1n) is 6.22. The summed E-state index contributed by atoms with van der Waals surface area (Å²) in [6.45, 7) is 1.10. The van der Waals surface area contributed by atoms with Gasteiger partial charge in [-0.3, -0.25) is 0 Å². The van der Waals surface area contributed by atoms with Crippen LogP contribution in [0.25, 0.3) is 10.8 Å². The fraction of sp³-hybridized carbons (Fsp3) is 0.133. The second-order valence-electron chi connectivity index (χ2n) is 4.35. The fourth-order valence-electron chi connectivity index (χ4n) is 2.07. The molecule has 0 aliphatic heterocycles. The minimum Gasteiger partial charge on any atom is -0.491 e. The molecule has 3 aromatic rings. The van der Waals surface area contributed by atoms with Crippen LogP contribution in [0.1, 0.15) is 0 Å². The van der Waals surface area contributed by atoms with Crippen LogP contribution in [0, 0.1) is 0 Å². The minimum atomic E-state index is 0.317. The molecule has 0 radical (unpaired) electrons. The second-order valence-corrected chi connectivity index (χ2v) is 5.06. The van der Waals surface area contributed by atoms with Gasteiger partial charge in [0.25, 0.3) is 0 Å². The molecule has 2 aromatic carbocycles. The highest BCUT2D eigenvalue weighted by molar-refractivity contribution is 6.40. The zero-order valence-corrected chi connectivity index (χ0v) is 12.1. The molecule has 0 aliphatic carbocycles. The van der Waals surface area contributed by atoms with Crippen molar-refractivity contribution in [1.29, 1.82) is 0 Å². The number of hydrogen-bond donors (Lipinski definition) is 0. The van der Waals surface area contributed by atoms with Crippen molar-refractivity contribution in [2.24, 2.45) is 0 Å². The molecule has 0 amide bonds. The van der Waals surface area contributed by atoms with Gasteiger partial charge in [0.2, 0.25) is 0 Å². The predicted octanol–water partition coefficient (Wildman–Crippen LogP) is 4.42. The third-order valence-corrected chi connectivity index (χ3v) is 3.84. The van der Waals surface area contributed by atoms with Crippen LogP contribution >= 0.6 is 23.2 Å². The Morgan fingerprint density at radius 2 is 1.85 bits per heavy atom. The highest BCUT2D eigenvalue weighted by atomic mass is 35.5. The Morgan fingerprint density at radius 3 is 2.65 bits per heavy atom. The molecule has 5 heteroatoms. The standard InChI is InChI=1S/C15H12Cl2N2O/c16-14-15(17)19(10-18-14)8-9-20-13-7-3-5-11-4-1-2-6-12(11)13/h1-7,10H,8-9H2. The summed E-state index contributed by atoms with van der Waals surface area (Å²) in [5.74, 6) is 0.866. The average molecular weight is 307 g/mol. The lowest BCUT2D eigenvalue weighted by Gasteiger charge is -2.10. The van der Waals surface area contributed by atoms with Crippen LogP contribution in [0.5, 0.6) is 5.75 Å². The number of benzene rings is 2. The van der Waals surface area contributed by atoms with Crippen LogP contribution in [-0.4, -0.2) is 16.2 Å². The summed E-state index contributed by atoms with van der Waals surface area (Å²) in [7, 11) is 0. The van der Waals surface area contributed by atoms with Gasteiger partial charge in [0.1, 0.15) is 17.5 Å². The molecule has 0 N–H and O–H groups in total.